The second kappa shape index (κ2) is 6.21. The van der Waals surface area contributed by atoms with Crippen LogP contribution in [0, 0.1) is 5.92 Å². The summed E-state index contributed by atoms with van der Waals surface area (Å²) in [6.45, 7) is 8.62. The van der Waals surface area contributed by atoms with Gasteiger partial charge in [0, 0.05) is 25.2 Å². The number of amides is 1. The van der Waals surface area contributed by atoms with E-state index in [0.717, 1.165) is 25.9 Å². The normalized spacial score (nSPS) is 26.3. The summed E-state index contributed by atoms with van der Waals surface area (Å²) < 4.78 is 0. The van der Waals surface area contributed by atoms with Crippen LogP contribution >= 0.6 is 0 Å². The topological polar surface area (TPSA) is 58.4 Å². The van der Waals surface area contributed by atoms with Crippen LogP contribution in [-0.4, -0.2) is 42.5 Å². The van der Waals surface area contributed by atoms with Crippen LogP contribution in [0.25, 0.3) is 0 Å². The SMILES string of the molecule is CCC(CC)NC(=O)CN1CC(C)C(N)C1. The van der Waals surface area contributed by atoms with E-state index >= 15 is 0 Å². The molecule has 0 spiro atoms. The highest BCUT2D eigenvalue weighted by molar-refractivity contribution is 5.78. The van der Waals surface area contributed by atoms with Crippen LogP contribution < -0.4 is 11.1 Å². The van der Waals surface area contributed by atoms with Crippen molar-refractivity contribution in [1.29, 1.82) is 0 Å². The van der Waals surface area contributed by atoms with E-state index in [0.29, 0.717) is 18.5 Å². The highest BCUT2D eigenvalue weighted by atomic mass is 16.2. The van der Waals surface area contributed by atoms with Crippen LogP contribution in [0.3, 0.4) is 0 Å². The van der Waals surface area contributed by atoms with Crippen molar-refractivity contribution in [3.05, 3.63) is 0 Å². The zero-order valence-electron chi connectivity index (χ0n) is 10.7. The van der Waals surface area contributed by atoms with Gasteiger partial charge in [-0.2, -0.15) is 0 Å². The summed E-state index contributed by atoms with van der Waals surface area (Å²) in [5, 5.41) is 3.05. The Kier molecular flexibility index (Phi) is 5.22. The van der Waals surface area contributed by atoms with E-state index in [1.165, 1.54) is 0 Å². The molecule has 0 aliphatic carbocycles. The molecule has 0 aromatic rings. The molecule has 1 heterocycles. The molecule has 4 heteroatoms. The van der Waals surface area contributed by atoms with Crippen molar-refractivity contribution in [2.24, 2.45) is 11.7 Å². The molecule has 0 aromatic carbocycles. The zero-order valence-corrected chi connectivity index (χ0v) is 10.7. The lowest BCUT2D eigenvalue weighted by molar-refractivity contribution is -0.122. The summed E-state index contributed by atoms with van der Waals surface area (Å²) >= 11 is 0. The first-order chi connectivity index (χ1) is 7.56. The maximum absolute atomic E-state index is 11.7. The summed E-state index contributed by atoms with van der Waals surface area (Å²) in [5.74, 6) is 0.635. The number of nitrogens with zero attached hydrogens (tertiary/aromatic N) is 1. The summed E-state index contributed by atoms with van der Waals surface area (Å²) in [6.07, 6.45) is 2.00. The Labute approximate surface area is 98.6 Å². The predicted molar refractivity (Wildman–Crippen MR) is 66.1 cm³/mol. The van der Waals surface area contributed by atoms with Crippen molar-refractivity contribution in [2.45, 2.75) is 45.7 Å². The van der Waals surface area contributed by atoms with Crippen LogP contribution in [0.1, 0.15) is 33.6 Å². The zero-order chi connectivity index (χ0) is 12.1. The lowest BCUT2D eigenvalue weighted by Gasteiger charge is -2.19. The van der Waals surface area contributed by atoms with E-state index in [1.54, 1.807) is 0 Å². The largest absolute Gasteiger partial charge is 0.352 e. The molecule has 2 atom stereocenters. The van der Waals surface area contributed by atoms with Crippen LogP contribution in [0.2, 0.25) is 0 Å². The molecule has 1 aliphatic heterocycles. The van der Waals surface area contributed by atoms with E-state index in [1.807, 2.05) is 0 Å². The molecule has 1 aliphatic rings. The van der Waals surface area contributed by atoms with Gasteiger partial charge in [-0.3, -0.25) is 9.69 Å². The van der Waals surface area contributed by atoms with Gasteiger partial charge in [0.1, 0.15) is 0 Å². The van der Waals surface area contributed by atoms with E-state index in [2.05, 4.69) is 31.0 Å². The summed E-state index contributed by atoms with van der Waals surface area (Å²) in [4.78, 5) is 13.9. The van der Waals surface area contributed by atoms with E-state index in [9.17, 15) is 4.79 Å². The molecule has 4 nitrogen and oxygen atoms in total. The third-order valence-corrected chi connectivity index (χ3v) is 3.46. The molecule has 0 aromatic heterocycles. The first kappa shape index (κ1) is 13.5. The fourth-order valence-electron chi connectivity index (χ4n) is 2.19. The van der Waals surface area contributed by atoms with Gasteiger partial charge in [-0.25, -0.2) is 0 Å². The first-order valence-corrected chi connectivity index (χ1v) is 6.34. The van der Waals surface area contributed by atoms with Crippen LogP contribution in [0.4, 0.5) is 0 Å². The highest BCUT2D eigenvalue weighted by Gasteiger charge is 2.27. The average Bonchev–Trinajstić information content (AvgIpc) is 2.54. The Morgan fingerprint density at radius 2 is 2.06 bits per heavy atom. The Bertz CT molecular complexity index is 218. The Hall–Kier alpha value is -0.610. The number of hydrogen-bond acceptors (Lipinski definition) is 3. The molecule has 2 unspecified atom stereocenters. The fourth-order valence-corrected chi connectivity index (χ4v) is 2.19. The highest BCUT2D eigenvalue weighted by Crippen LogP contribution is 2.13. The monoisotopic (exact) mass is 227 g/mol. The van der Waals surface area contributed by atoms with Crippen LogP contribution in [0.15, 0.2) is 0 Å². The number of hydrogen-bond donors (Lipinski definition) is 2. The number of carbonyl (C=O) groups excluding carboxylic acids is 1. The van der Waals surface area contributed by atoms with Gasteiger partial charge in [0.2, 0.25) is 5.91 Å². The lowest BCUT2D eigenvalue weighted by atomic mass is 10.1. The van der Waals surface area contributed by atoms with Crippen molar-refractivity contribution in [1.82, 2.24) is 10.2 Å². The van der Waals surface area contributed by atoms with Gasteiger partial charge >= 0.3 is 0 Å². The van der Waals surface area contributed by atoms with Gasteiger partial charge in [0.25, 0.3) is 0 Å². The van der Waals surface area contributed by atoms with E-state index < -0.39 is 0 Å². The summed E-state index contributed by atoms with van der Waals surface area (Å²) in [6, 6.07) is 0.544. The molecule has 94 valence electrons. The third-order valence-electron chi connectivity index (χ3n) is 3.46. The van der Waals surface area contributed by atoms with Crippen molar-refractivity contribution < 1.29 is 4.79 Å². The molecule has 1 amide bonds. The Morgan fingerprint density at radius 3 is 2.50 bits per heavy atom. The molecule has 16 heavy (non-hydrogen) atoms. The van der Waals surface area contributed by atoms with Gasteiger partial charge < -0.3 is 11.1 Å². The fraction of sp³-hybridized carbons (Fsp3) is 0.917. The molecule has 1 fully saturated rings. The van der Waals surface area contributed by atoms with E-state index in [-0.39, 0.29) is 11.9 Å². The molecule has 3 N–H and O–H groups in total. The smallest absolute Gasteiger partial charge is 0.234 e. The standard InChI is InChI=1S/C12H25N3O/c1-4-10(5-2)14-12(16)8-15-6-9(3)11(13)7-15/h9-11H,4-8,13H2,1-3H3,(H,14,16). The first-order valence-electron chi connectivity index (χ1n) is 6.34. The number of nitrogens with two attached hydrogens (primary N) is 1. The van der Waals surface area contributed by atoms with Crippen molar-refractivity contribution >= 4 is 5.91 Å². The molecule has 0 saturated carbocycles. The maximum Gasteiger partial charge on any atom is 0.234 e. The number of carbonyl (C=O) groups is 1. The van der Waals surface area contributed by atoms with Gasteiger partial charge in [-0.05, 0) is 18.8 Å². The number of nitrogens with one attached hydrogen (secondary N) is 1. The number of likely N-dealkylation sites (tertiary alicyclic amines) is 1. The van der Waals surface area contributed by atoms with Crippen LogP contribution in [0.5, 0.6) is 0 Å². The van der Waals surface area contributed by atoms with Gasteiger partial charge in [-0.15, -0.1) is 0 Å². The summed E-state index contributed by atoms with van der Waals surface area (Å²) in [5.41, 5.74) is 5.92. The number of rotatable bonds is 5. The van der Waals surface area contributed by atoms with Crippen molar-refractivity contribution in [3.63, 3.8) is 0 Å². The molecular weight excluding hydrogens is 202 g/mol. The van der Waals surface area contributed by atoms with E-state index in [4.69, 9.17) is 5.73 Å². The second-order valence-corrected chi connectivity index (χ2v) is 4.92. The van der Waals surface area contributed by atoms with Crippen molar-refractivity contribution in [3.8, 4) is 0 Å². The molecule has 0 radical (unpaired) electrons. The summed E-state index contributed by atoms with van der Waals surface area (Å²) in [7, 11) is 0. The predicted octanol–water partition coefficient (Wildman–Crippen LogP) is 0.570. The molecule has 1 saturated heterocycles. The Morgan fingerprint density at radius 1 is 1.44 bits per heavy atom. The third kappa shape index (κ3) is 3.76. The maximum atomic E-state index is 11.7. The quantitative estimate of drug-likeness (QED) is 0.722. The molecule has 0 bridgehead atoms. The average molecular weight is 227 g/mol. The second-order valence-electron chi connectivity index (χ2n) is 4.92. The van der Waals surface area contributed by atoms with Gasteiger partial charge in [0.15, 0.2) is 0 Å². The van der Waals surface area contributed by atoms with Crippen molar-refractivity contribution in [2.75, 3.05) is 19.6 Å². The van der Waals surface area contributed by atoms with Crippen LogP contribution in [-0.2, 0) is 4.79 Å². The molecule has 1 rings (SSSR count). The van der Waals surface area contributed by atoms with Gasteiger partial charge in [0.05, 0.1) is 6.54 Å². The minimum atomic E-state index is 0.134. The Balaban J connectivity index is 2.29. The van der Waals surface area contributed by atoms with Gasteiger partial charge in [-0.1, -0.05) is 20.8 Å². The lowest BCUT2D eigenvalue weighted by Crippen LogP contribution is -2.41. The molecular formula is C12H25N3O. The minimum Gasteiger partial charge on any atom is -0.352 e. The minimum absolute atomic E-state index is 0.134.